The fourth-order valence-corrected chi connectivity index (χ4v) is 2.81. The van der Waals surface area contributed by atoms with Gasteiger partial charge in [-0.05, 0) is 42.4 Å². The van der Waals surface area contributed by atoms with E-state index in [4.69, 9.17) is 11.1 Å². The molecule has 0 radical (unpaired) electrons. The zero-order chi connectivity index (χ0) is 20.4. The summed E-state index contributed by atoms with van der Waals surface area (Å²) in [5.74, 6) is 1.04. The molecule has 0 aromatic heterocycles. The van der Waals surface area contributed by atoms with Crippen molar-refractivity contribution in [2.45, 2.75) is 26.2 Å². The number of hydrogen-bond acceptors (Lipinski definition) is 4. The van der Waals surface area contributed by atoms with Gasteiger partial charge in [-0.3, -0.25) is 0 Å². The van der Waals surface area contributed by atoms with E-state index in [0.29, 0.717) is 23.8 Å². The highest BCUT2D eigenvalue weighted by Gasteiger charge is 2.03. The molecule has 0 aliphatic rings. The van der Waals surface area contributed by atoms with Crippen molar-refractivity contribution in [1.29, 1.82) is 5.41 Å². The van der Waals surface area contributed by atoms with Gasteiger partial charge >= 0.3 is 0 Å². The van der Waals surface area contributed by atoms with E-state index in [1.165, 1.54) is 23.4 Å². The highest BCUT2D eigenvalue weighted by Crippen LogP contribution is 2.25. The van der Waals surface area contributed by atoms with E-state index >= 15 is 0 Å². The molecule has 144 valence electrons. The second-order valence-corrected chi connectivity index (χ2v) is 6.17. The van der Waals surface area contributed by atoms with Crippen LogP contribution in [0.4, 0.5) is 5.69 Å². The van der Waals surface area contributed by atoms with E-state index < -0.39 is 0 Å². The summed E-state index contributed by atoms with van der Waals surface area (Å²) in [6.45, 7) is 9.45. The molecular formula is C23H27N5. The Morgan fingerprint density at radius 3 is 2.64 bits per heavy atom. The summed E-state index contributed by atoms with van der Waals surface area (Å²) >= 11 is 0. The Hall–Kier alpha value is -3.47. The third-order valence-electron chi connectivity index (χ3n) is 4.21. The van der Waals surface area contributed by atoms with Crippen LogP contribution in [0.1, 0.15) is 25.3 Å². The first-order chi connectivity index (χ1) is 13.6. The predicted octanol–water partition coefficient (Wildman–Crippen LogP) is 5.01. The number of nitrogen functional groups attached to an aromatic ring is 1. The summed E-state index contributed by atoms with van der Waals surface area (Å²) in [5.41, 5.74) is 8.78. The van der Waals surface area contributed by atoms with Gasteiger partial charge in [0.25, 0.3) is 0 Å². The van der Waals surface area contributed by atoms with Gasteiger partial charge in [0.1, 0.15) is 11.7 Å². The highest BCUT2D eigenvalue weighted by molar-refractivity contribution is 6.29. The van der Waals surface area contributed by atoms with Gasteiger partial charge in [-0.2, -0.15) is 0 Å². The van der Waals surface area contributed by atoms with Gasteiger partial charge in [-0.25, -0.2) is 9.98 Å². The van der Waals surface area contributed by atoms with Crippen LogP contribution in [0.5, 0.6) is 0 Å². The van der Waals surface area contributed by atoms with Crippen LogP contribution in [0.2, 0.25) is 0 Å². The molecule has 5 heteroatoms. The molecule has 28 heavy (non-hydrogen) atoms. The summed E-state index contributed by atoms with van der Waals surface area (Å²) in [5, 5.41) is 12.6. The number of rotatable bonds is 9. The van der Waals surface area contributed by atoms with Crippen molar-refractivity contribution in [3.8, 4) is 0 Å². The number of allylic oxidation sites excluding steroid dienone is 1. The first-order valence-electron chi connectivity index (χ1n) is 9.24. The number of fused-ring (bicyclic) bond motifs is 1. The Labute approximate surface area is 166 Å². The Kier molecular flexibility index (Phi) is 7.91. The van der Waals surface area contributed by atoms with Crippen LogP contribution in [0.25, 0.3) is 10.8 Å². The lowest BCUT2D eigenvalue weighted by atomic mass is 9.99. The zero-order valence-corrected chi connectivity index (χ0v) is 16.3. The molecule has 0 atom stereocenters. The second kappa shape index (κ2) is 10.6. The number of benzene rings is 2. The first-order valence-corrected chi connectivity index (χ1v) is 9.24. The van der Waals surface area contributed by atoms with Gasteiger partial charge in [-0.15, -0.1) is 0 Å². The summed E-state index contributed by atoms with van der Waals surface area (Å²) in [4.78, 5) is 8.47. The number of hydrogen-bond donors (Lipinski definition) is 3. The molecule has 2 aromatic carbocycles. The van der Waals surface area contributed by atoms with Crippen LogP contribution in [0.3, 0.4) is 0 Å². The van der Waals surface area contributed by atoms with Gasteiger partial charge < -0.3 is 16.5 Å². The average Bonchev–Trinajstić information content (AvgIpc) is 2.71. The van der Waals surface area contributed by atoms with Crippen molar-refractivity contribution < 1.29 is 0 Å². The topological polar surface area (TPSA) is 86.6 Å². The van der Waals surface area contributed by atoms with Crippen LogP contribution in [-0.2, 0) is 6.42 Å². The van der Waals surface area contributed by atoms with Gasteiger partial charge in [0.15, 0.2) is 0 Å². The van der Waals surface area contributed by atoms with Crippen LogP contribution in [0.15, 0.2) is 83.7 Å². The Balaban J connectivity index is 2.04. The van der Waals surface area contributed by atoms with Crippen molar-refractivity contribution in [2.24, 2.45) is 9.98 Å². The van der Waals surface area contributed by atoms with E-state index in [-0.39, 0.29) is 0 Å². The van der Waals surface area contributed by atoms with Crippen LogP contribution in [0, 0.1) is 5.41 Å². The molecule has 0 spiro atoms. The molecule has 5 nitrogen and oxygen atoms in total. The molecule has 2 aromatic rings. The van der Waals surface area contributed by atoms with Crippen molar-refractivity contribution in [3.63, 3.8) is 0 Å². The minimum atomic E-state index is 0.440. The van der Waals surface area contributed by atoms with Crippen LogP contribution >= 0.6 is 0 Å². The lowest BCUT2D eigenvalue weighted by molar-refractivity contribution is 1.01. The lowest BCUT2D eigenvalue weighted by Gasteiger charge is -2.08. The smallest absolute Gasteiger partial charge is 0.131 e. The largest absolute Gasteiger partial charge is 0.398 e. The number of amidine groups is 1. The molecule has 0 aliphatic heterocycles. The fourth-order valence-electron chi connectivity index (χ4n) is 2.81. The van der Waals surface area contributed by atoms with Gasteiger partial charge in [0, 0.05) is 23.5 Å². The highest BCUT2D eigenvalue weighted by atomic mass is 15.1. The molecule has 0 aliphatic carbocycles. The van der Waals surface area contributed by atoms with Gasteiger partial charge in [-0.1, -0.05) is 56.5 Å². The third kappa shape index (κ3) is 5.77. The summed E-state index contributed by atoms with van der Waals surface area (Å²) in [6.07, 6.45) is 9.04. The minimum absolute atomic E-state index is 0.440. The van der Waals surface area contributed by atoms with Gasteiger partial charge in [0.2, 0.25) is 0 Å². The number of anilines is 1. The number of nitrogens with two attached hydrogens (primary N) is 1. The molecule has 0 amide bonds. The zero-order valence-electron chi connectivity index (χ0n) is 16.3. The average molecular weight is 374 g/mol. The van der Waals surface area contributed by atoms with Crippen molar-refractivity contribution in [1.82, 2.24) is 5.32 Å². The molecule has 0 saturated carbocycles. The van der Waals surface area contributed by atoms with E-state index in [1.807, 2.05) is 37.3 Å². The maximum atomic E-state index is 7.31. The monoisotopic (exact) mass is 373 g/mol. The van der Waals surface area contributed by atoms with Crippen LogP contribution in [-0.4, -0.2) is 17.8 Å². The van der Waals surface area contributed by atoms with E-state index in [9.17, 15) is 0 Å². The number of aryl methyl sites for hydroxylation is 1. The van der Waals surface area contributed by atoms with Gasteiger partial charge in [0.05, 0.1) is 5.71 Å². The molecular weight excluding hydrogens is 346 g/mol. The van der Waals surface area contributed by atoms with Crippen molar-refractivity contribution in [2.75, 3.05) is 5.73 Å². The van der Waals surface area contributed by atoms with Crippen molar-refractivity contribution in [3.05, 3.63) is 79.3 Å². The quantitative estimate of drug-likeness (QED) is 0.328. The number of nitrogens with zero attached hydrogens (tertiary/aromatic N) is 2. The Bertz CT molecular complexity index is 951. The van der Waals surface area contributed by atoms with E-state index in [1.54, 1.807) is 0 Å². The standard InChI is InChI=1S/C23H27N5/c1-4-19(16-24)27-17(3)28-23(26-5-2)13-9-6-10-18-14-15-22(25)21-12-8-7-11-20(18)21/h5,7-9,11-16,24H,2-4,6,10,25H2,1H3,(H,26,28)/b13-9+,24-16?,27-19?. The summed E-state index contributed by atoms with van der Waals surface area (Å²) in [6, 6.07) is 12.2. The normalized spacial score (nSPS) is 12.3. The van der Waals surface area contributed by atoms with E-state index in [0.717, 1.165) is 23.9 Å². The summed E-state index contributed by atoms with van der Waals surface area (Å²) in [7, 11) is 0. The fraction of sp³-hybridized carbons (Fsp3) is 0.174. The maximum Gasteiger partial charge on any atom is 0.131 e. The Morgan fingerprint density at radius 1 is 1.21 bits per heavy atom. The third-order valence-corrected chi connectivity index (χ3v) is 4.21. The molecule has 2 rings (SSSR count). The summed E-state index contributed by atoms with van der Waals surface area (Å²) < 4.78 is 0. The van der Waals surface area contributed by atoms with E-state index in [2.05, 4.69) is 46.7 Å². The molecule has 0 saturated heterocycles. The number of aliphatic imine (C=N–C) groups is 2. The molecule has 0 heterocycles. The number of nitrogens with one attached hydrogen (secondary N) is 2. The predicted molar refractivity (Wildman–Crippen MR) is 122 cm³/mol. The maximum absolute atomic E-state index is 7.31. The minimum Gasteiger partial charge on any atom is -0.398 e. The molecule has 4 N–H and O–H groups in total. The first kappa shape index (κ1) is 20.8. The Morgan fingerprint density at radius 2 is 1.96 bits per heavy atom. The lowest BCUT2D eigenvalue weighted by Crippen LogP contribution is -2.20. The second-order valence-electron chi connectivity index (χ2n) is 6.17. The molecule has 0 fully saturated rings. The van der Waals surface area contributed by atoms with Crippen LogP contribution < -0.4 is 11.1 Å². The SMILES string of the molecule is C=CN=C(/C=C/CCc1ccc(N)c2ccccc12)NC(=C)N=C(C=N)CC. The van der Waals surface area contributed by atoms with Crippen molar-refractivity contribution >= 4 is 34.2 Å². The molecule has 0 bridgehead atoms. The molecule has 0 unspecified atom stereocenters.